The number of rotatable bonds is 3. The number of hydrogen-bond donors (Lipinski definition) is 1. The van der Waals surface area contributed by atoms with Gasteiger partial charge in [-0.25, -0.2) is 4.98 Å². The van der Waals surface area contributed by atoms with Crippen LogP contribution in [0.5, 0.6) is 0 Å². The van der Waals surface area contributed by atoms with Crippen molar-refractivity contribution >= 4 is 17.2 Å². The number of aryl methyl sites for hydroxylation is 1. The molecular weight excluding hydrogens is 284 g/mol. The second-order valence-corrected chi connectivity index (χ2v) is 7.72. The Morgan fingerprint density at radius 1 is 1.38 bits per heavy atom. The fourth-order valence-electron chi connectivity index (χ4n) is 4.55. The van der Waals surface area contributed by atoms with E-state index in [1.807, 2.05) is 12.3 Å². The van der Waals surface area contributed by atoms with Gasteiger partial charge in [0.15, 0.2) is 0 Å². The lowest BCUT2D eigenvalue weighted by Gasteiger charge is -2.50. The molecule has 1 saturated heterocycles. The van der Waals surface area contributed by atoms with Crippen molar-refractivity contribution in [3.05, 3.63) is 16.1 Å². The molecule has 0 unspecified atom stereocenters. The van der Waals surface area contributed by atoms with Crippen LogP contribution in [0.25, 0.3) is 0 Å². The maximum Gasteiger partial charge on any atom is 0.270 e. The highest BCUT2D eigenvalue weighted by Gasteiger charge is 2.57. The lowest BCUT2D eigenvalue weighted by Crippen LogP contribution is -2.63. The number of amides is 1. The highest BCUT2D eigenvalue weighted by Crippen LogP contribution is 2.51. The predicted octanol–water partition coefficient (Wildman–Crippen LogP) is 2.78. The summed E-state index contributed by atoms with van der Waals surface area (Å²) in [5.41, 5.74) is 0.574. The van der Waals surface area contributed by atoms with Gasteiger partial charge >= 0.3 is 0 Å². The normalized spacial score (nSPS) is 35.5. The third-order valence-corrected chi connectivity index (χ3v) is 6.31. The second kappa shape index (κ2) is 5.36. The van der Waals surface area contributed by atoms with E-state index in [2.05, 4.69) is 10.3 Å². The molecule has 4 atom stereocenters. The van der Waals surface area contributed by atoms with Gasteiger partial charge in [0.1, 0.15) is 5.69 Å². The minimum absolute atomic E-state index is 0.00213. The Morgan fingerprint density at radius 3 is 2.90 bits per heavy atom. The molecule has 1 aliphatic heterocycles. The molecule has 5 heteroatoms. The van der Waals surface area contributed by atoms with E-state index in [1.165, 1.54) is 37.0 Å². The molecule has 1 aromatic rings. The topological polar surface area (TPSA) is 51.2 Å². The fraction of sp³-hybridized carbons (Fsp3) is 0.750. The minimum atomic E-state index is -0.00213. The molecule has 3 aliphatic rings. The van der Waals surface area contributed by atoms with E-state index in [0.29, 0.717) is 29.7 Å². The van der Waals surface area contributed by atoms with Gasteiger partial charge in [0.05, 0.1) is 11.1 Å². The van der Waals surface area contributed by atoms with Gasteiger partial charge in [0.25, 0.3) is 5.91 Å². The van der Waals surface area contributed by atoms with Gasteiger partial charge in [-0.2, -0.15) is 0 Å². The van der Waals surface area contributed by atoms with Crippen LogP contribution in [-0.4, -0.2) is 29.6 Å². The minimum Gasteiger partial charge on any atom is -0.377 e. The molecule has 1 aromatic heterocycles. The van der Waals surface area contributed by atoms with Crippen LogP contribution in [0.4, 0.5) is 0 Å². The fourth-order valence-corrected chi connectivity index (χ4v) is 5.15. The Balaban J connectivity index is 1.48. The van der Waals surface area contributed by atoms with Crippen LogP contribution in [0.1, 0.15) is 47.6 Å². The van der Waals surface area contributed by atoms with E-state index in [1.54, 1.807) is 0 Å². The number of carbonyl (C=O) groups is 1. The van der Waals surface area contributed by atoms with E-state index in [4.69, 9.17) is 4.74 Å². The Bertz CT molecular complexity index is 533. The van der Waals surface area contributed by atoms with Crippen LogP contribution in [-0.2, 0) is 4.74 Å². The summed E-state index contributed by atoms with van der Waals surface area (Å²) in [4.78, 5) is 16.7. The zero-order valence-electron chi connectivity index (χ0n) is 12.4. The average Bonchev–Trinajstić information content (AvgIpc) is 3.17. The molecular formula is C16H22N2O2S. The van der Waals surface area contributed by atoms with E-state index >= 15 is 0 Å². The van der Waals surface area contributed by atoms with Gasteiger partial charge in [-0.1, -0.05) is 25.7 Å². The SMILES string of the molecule is Cc1nc(C(=O)N[C@H]2[C@@H]3CCO[C@@H]3[C@@H]2C2CCCC2)cs1. The molecule has 21 heavy (non-hydrogen) atoms. The highest BCUT2D eigenvalue weighted by molar-refractivity contribution is 7.09. The Kier molecular flexibility index (Phi) is 3.50. The van der Waals surface area contributed by atoms with E-state index in [0.717, 1.165) is 24.0 Å². The quantitative estimate of drug-likeness (QED) is 0.934. The summed E-state index contributed by atoms with van der Waals surface area (Å²) in [5.74, 6) is 1.80. The lowest BCUT2D eigenvalue weighted by molar-refractivity contribution is -0.0784. The van der Waals surface area contributed by atoms with Gasteiger partial charge in [0, 0.05) is 29.9 Å². The number of carbonyl (C=O) groups excluding carboxylic acids is 1. The number of fused-ring (bicyclic) bond motifs is 1. The maximum atomic E-state index is 12.4. The average molecular weight is 306 g/mol. The van der Waals surface area contributed by atoms with Crippen molar-refractivity contribution in [2.75, 3.05) is 6.61 Å². The zero-order chi connectivity index (χ0) is 14.4. The van der Waals surface area contributed by atoms with Crippen molar-refractivity contribution in [1.82, 2.24) is 10.3 Å². The first-order valence-electron chi connectivity index (χ1n) is 8.08. The van der Waals surface area contributed by atoms with Crippen molar-refractivity contribution < 1.29 is 9.53 Å². The molecule has 3 fully saturated rings. The van der Waals surface area contributed by atoms with Gasteiger partial charge in [-0.3, -0.25) is 4.79 Å². The summed E-state index contributed by atoms with van der Waals surface area (Å²) in [6, 6.07) is 0.301. The first-order chi connectivity index (χ1) is 10.2. The van der Waals surface area contributed by atoms with Crippen molar-refractivity contribution in [1.29, 1.82) is 0 Å². The Labute approximate surface area is 129 Å². The molecule has 0 radical (unpaired) electrons. The number of thiazole rings is 1. The first-order valence-corrected chi connectivity index (χ1v) is 8.96. The molecule has 4 nitrogen and oxygen atoms in total. The highest BCUT2D eigenvalue weighted by atomic mass is 32.1. The summed E-state index contributed by atoms with van der Waals surface area (Å²) in [6.45, 7) is 2.80. The third-order valence-electron chi connectivity index (χ3n) is 5.53. The molecule has 0 aromatic carbocycles. The van der Waals surface area contributed by atoms with E-state index < -0.39 is 0 Å². The standard InChI is InChI=1S/C16H22N2O2S/c1-9-17-12(8-21-9)16(19)18-14-11-6-7-20-15(11)13(14)10-4-2-3-5-10/h8,10-11,13-15H,2-7H2,1H3,(H,18,19)/t11-,13+,14-,15-/m0/s1. The third kappa shape index (κ3) is 2.30. The van der Waals surface area contributed by atoms with Gasteiger partial charge < -0.3 is 10.1 Å². The monoisotopic (exact) mass is 306 g/mol. The van der Waals surface area contributed by atoms with Crippen LogP contribution < -0.4 is 5.32 Å². The number of aromatic nitrogens is 1. The van der Waals surface area contributed by atoms with Crippen molar-refractivity contribution in [3.63, 3.8) is 0 Å². The molecule has 1 amide bonds. The van der Waals surface area contributed by atoms with Gasteiger partial charge in [0.2, 0.25) is 0 Å². The molecule has 2 heterocycles. The summed E-state index contributed by atoms with van der Waals surface area (Å²) >= 11 is 1.53. The van der Waals surface area contributed by atoms with Crippen LogP contribution in [0, 0.1) is 24.7 Å². The largest absolute Gasteiger partial charge is 0.377 e. The maximum absolute atomic E-state index is 12.4. The lowest BCUT2D eigenvalue weighted by atomic mass is 9.61. The number of nitrogens with one attached hydrogen (secondary N) is 1. The molecule has 2 aliphatic carbocycles. The molecule has 0 spiro atoms. The van der Waals surface area contributed by atoms with E-state index in [9.17, 15) is 4.79 Å². The molecule has 4 rings (SSSR count). The molecule has 114 valence electrons. The van der Waals surface area contributed by atoms with Crippen LogP contribution in [0.3, 0.4) is 0 Å². The van der Waals surface area contributed by atoms with Gasteiger partial charge in [-0.15, -0.1) is 11.3 Å². The first kappa shape index (κ1) is 13.7. The van der Waals surface area contributed by atoms with Crippen molar-refractivity contribution in [2.24, 2.45) is 17.8 Å². The van der Waals surface area contributed by atoms with E-state index in [-0.39, 0.29) is 5.91 Å². The molecule has 0 bridgehead atoms. The Morgan fingerprint density at radius 2 is 2.19 bits per heavy atom. The zero-order valence-corrected chi connectivity index (χ0v) is 13.2. The summed E-state index contributed by atoms with van der Waals surface area (Å²) < 4.78 is 5.93. The van der Waals surface area contributed by atoms with Gasteiger partial charge in [-0.05, 0) is 19.3 Å². The summed E-state index contributed by atoms with van der Waals surface area (Å²) in [6.07, 6.45) is 6.78. The van der Waals surface area contributed by atoms with Crippen molar-refractivity contribution in [2.45, 2.75) is 51.2 Å². The predicted molar refractivity (Wildman–Crippen MR) is 81.4 cm³/mol. The Hall–Kier alpha value is -0.940. The smallest absolute Gasteiger partial charge is 0.270 e. The van der Waals surface area contributed by atoms with Crippen molar-refractivity contribution in [3.8, 4) is 0 Å². The second-order valence-electron chi connectivity index (χ2n) is 6.66. The summed E-state index contributed by atoms with van der Waals surface area (Å²) in [7, 11) is 0. The van der Waals surface area contributed by atoms with Crippen LogP contribution >= 0.6 is 11.3 Å². The molecule has 1 N–H and O–H groups in total. The summed E-state index contributed by atoms with van der Waals surface area (Å²) in [5, 5.41) is 6.07. The number of hydrogen-bond acceptors (Lipinski definition) is 4. The molecule has 2 saturated carbocycles. The van der Waals surface area contributed by atoms with Crippen LogP contribution in [0.15, 0.2) is 5.38 Å². The van der Waals surface area contributed by atoms with Crippen LogP contribution in [0.2, 0.25) is 0 Å². The number of nitrogens with zero attached hydrogens (tertiary/aromatic N) is 1. The number of ether oxygens (including phenoxy) is 1.